The largest absolute Gasteiger partial charge is 0.317 e. The lowest BCUT2D eigenvalue weighted by molar-refractivity contribution is -0.114. The lowest BCUT2D eigenvalue weighted by atomic mass is 10.2. The van der Waals surface area contributed by atoms with Crippen molar-refractivity contribution in [3.63, 3.8) is 0 Å². The monoisotopic (exact) mass is 183 g/mol. The fraction of sp³-hybridized carbons (Fsp3) is 0.250. The molecule has 1 amide bonds. The highest BCUT2D eigenvalue weighted by molar-refractivity contribution is 7.14. The average molecular weight is 183 g/mol. The Hall–Kier alpha value is -1.16. The molecule has 0 saturated carbocycles. The van der Waals surface area contributed by atoms with Gasteiger partial charge < -0.3 is 5.32 Å². The minimum absolute atomic E-state index is 0.0278. The summed E-state index contributed by atoms with van der Waals surface area (Å²) in [6.45, 7) is 2.90. The summed E-state index contributed by atoms with van der Waals surface area (Å²) < 4.78 is 0. The van der Waals surface area contributed by atoms with E-state index in [4.69, 9.17) is 0 Å². The molecule has 0 aliphatic rings. The Balaban J connectivity index is 2.91. The van der Waals surface area contributed by atoms with Crippen LogP contribution in [0.1, 0.15) is 24.2 Å². The average Bonchev–Trinajstić information content (AvgIpc) is 2.33. The topological polar surface area (TPSA) is 46.2 Å². The zero-order chi connectivity index (χ0) is 9.14. The van der Waals surface area contributed by atoms with Gasteiger partial charge in [-0.2, -0.15) is 0 Å². The number of Topliss-reactive ketones (excluding diaryl/α,β-unsaturated/α-hetero) is 1. The number of nitrogens with one attached hydrogen (secondary N) is 1. The number of amides is 1. The van der Waals surface area contributed by atoms with E-state index in [1.807, 2.05) is 0 Å². The molecule has 12 heavy (non-hydrogen) atoms. The van der Waals surface area contributed by atoms with Crippen LogP contribution in [-0.4, -0.2) is 11.7 Å². The predicted molar refractivity (Wildman–Crippen MR) is 48.6 cm³/mol. The van der Waals surface area contributed by atoms with Gasteiger partial charge >= 0.3 is 0 Å². The molecular weight excluding hydrogens is 174 g/mol. The first kappa shape index (κ1) is 8.93. The van der Waals surface area contributed by atoms with Crippen LogP contribution in [0.3, 0.4) is 0 Å². The molecule has 1 aromatic rings. The number of thiophene rings is 1. The van der Waals surface area contributed by atoms with Crippen molar-refractivity contribution in [2.75, 3.05) is 5.32 Å². The van der Waals surface area contributed by atoms with Crippen molar-refractivity contribution in [2.24, 2.45) is 0 Å². The summed E-state index contributed by atoms with van der Waals surface area (Å²) in [7, 11) is 0. The van der Waals surface area contributed by atoms with E-state index >= 15 is 0 Å². The highest BCUT2D eigenvalue weighted by atomic mass is 32.1. The van der Waals surface area contributed by atoms with Crippen LogP contribution in [0.2, 0.25) is 0 Å². The standard InChI is InChI=1S/C8H9NO2S/c1-5(10)7-3-4-12-8(7)9-6(2)11/h3-4H,1-2H3,(H,9,11). The van der Waals surface area contributed by atoms with Gasteiger partial charge in [0.25, 0.3) is 0 Å². The number of carbonyl (C=O) groups is 2. The molecule has 0 aromatic carbocycles. The molecule has 0 saturated heterocycles. The van der Waals surface area contributed by atoms with Crippen LogP contribution in [-0.2, 0) is 4.79 Å². The van der Waals surface area contributed by atoms with Gasteiger partial charge in [-0.05, 0) is 18.4 Å². The predicted octanol–water partition coefficient (Wildman–Crippen LogP) is 1.91. The fourth-order valence-corrected chi connectivity index (χ4v) is 1.72. The van der Waals surface area contributed by atoms with Gasteiger partial charge in [0.2, 0.25) is 5.91 Å². The van der Waals surface area contributed by atoms with E-state index in [1.165, 1.54) is 25.2 Å². The molecule has 0 unspecified atom stereocenters. The fourth-order valence-electron chi connectivity index (χ4n) is 0.843. The Morgan fingerprint density at radius 2 is 2.08 bits per heavy atom. The SMILES string of the molecule is CC(=O)Nc1sccc1C(C)=O. The van der Waals surface area contributed by atoms with Gasteiger partial charge in [-0.15, -0.1) is 11.3 Å². The van der Waals surface area contributed by atoms with E-state index in [-0.39, 0.29) is 11.7 Å². The molecule has 0 aliphatic heterocycles. The number of hydrogen-bond donors (Lipinski definition) is 1. The Kier molecular flexibility index (Phi) is 2.60. The zero-order valence-electron chi connectivity index (χ0n) is 6.88. The molecule has 0 atom stereocenters. The minimum Gasteiger partial charge on any atom is -0.317 e. The van der Waals surface area contributed by atoms with E-state index in [2.05, 4.69) is 5.32 Å². The third kappa shape index (κ3) is 1.92. The maximum atomic E-state index is 11.0. The Labute approximate surface area is 74.4 Å². The maximum absolute atomic E-state index is 11.0. The number of ketones is 1. The smallest absolute Gasteiger partial charge is 0.221 e. The normalized spacial score (nSPS) is 9.50. The van der Waals surface area contributed by atoms with Crippen LogP contribution < -0.4 is 5.32 Å². The van der Waals surface area contributed by atoms with Crippen molar-refractivity contribution >= 4 is 28.0 Å². The van der Waals surface area contributed by atoms with Gasteiger partial charge in [-0.1, -0.05) is 0 Å². The molecule has 0 bridgehead atoms. The van der Waals surface area contributed by atoms with E-state index in [0.29, 0.717) is 10.6 Å². The first-order valence-electron chi connectivity index (χ1n) is 3.47. The quantitative estimate of drug-likeness (QED) is 0.712. The van der Waals surface area contributed by atoms with Crippen LogP contribution in [0.5, 0.6) is 0 Å². The van der Waals surface area contributed by atoms with Crippen molar-refractivity contribution in [3.8, 4) is 0 Å². The lowest BCUT2D eigenvalue weighted by Crippen LogP contribution is -2.07. The summed E-state index contributed by atoms with van der Waals surface area (Å²) in [5.41, 5.74) is 0.579. The van der Waals surface area contributed by atoms with E-state index in [1.54, 1.807) is 11.4 Å². The third-order valence-electron chi connectivity index (χ3n) is 1.33. The van der Waals surface area contributed by atoms with E-state index in [0.717, 1.165) is 0 Å². The van der Waals surface area contributed by atoms with Gasteiger partial charge in [0.15, 0.2) is 5.78 Å². The van der Waals surface area contributed by atoms with Crippen molar-refractivity contribution in [1.82, 2.24) is 0 Å². The molecule has 64 valence electrons. The van der Waals surface area contributed by atoms with Crippen molar-refractivity contribution in [1.29, 1.82) is 0 Å². The molecule has 0 spiro atoms. The van der Waals surface area contributed by atoms with Gasteiger partial charge in [-0.3, -0.25) is 9.59 Å². The molecule has 0 fully saturated rings. The van der Waals surface area contributed by atoms with Gasteiger partial charge in [-0.25, -0.2) is 0 Å². The Morgan fingerprint density at radius 3 is 2.58 bits per heavy atom. The molecule has 0 radical (unpaired) electrons. The van der Waals surface area contributed by atoms with Crippen molar-refractivity contribution < 1.29 is 9.59 Å². The summed E-state index contributed by atoms with van der Waals surface area (Å²) in [6.07, 6.45) is 0. The van der Waals surface area contributed by atoms with Crippen molar-refractivity contribution in [3.05, 3.63) is 17.0 Å². The number of anilines is 1. The molecule has 0 aliphatic carbocycles. The summed E-state index contributed by atoms with van der Waals surface area (Å²) in [5.74, 6) is -0.181. The minimum atomic E-state index is -0.153. The first-order chi connectivity index (χ1) is 5.61. The number of carbonyl (C=O) groups excluding carboxylic acids is 2. The molecule has 1 N–H and O–H groups in total. The Morgan fingerprint density at radius 1 is 1.42 bits per heavy atom. The number of rotatable bonds is 2. The summed E-state index contributed by atoms with van der Waals surface area (Å²) in [5, 5.41) is 5.01. The molecule has 1 rings (SSSR count). The summed E-state index contributed by atoms with van der Waals surface area (Å²) in [6, 6.07) is 1.71. The molecule has 4 heteroatoms. The van der Waals surface area contributed by atoms with Crippen molar-refractivity contribution in [2.45, 2.75) is 13.8 Å². The maximum Gasteiger partial charge on any atom is 0.221 e. The molecular formula is C8H9NO2S. The second kappa shape index (κ2) is 3.49. The second-order valence-electron chi connectivity index (χ2n) is 2.40. The second-order valence-corrected chi connectivity index (χ2v) is 3.32. The van der Waals surface area contributed by atoms with Crippen LogP contribution in [0, 0.1) is 0 Å². The highest BCUT2D eigenvalue weighted by Crippen LogP contribution is 2.23. The third-order valence-corrected chi connectivity index (χ3v) is 2.16. The van der Waals surface area contributed by atoms with Crippen LogP contribution in [0.4, 0.5) is 5.00 Å². The zero-order valence-corrected chi connectivity index (χ0v) is 7.70. The number of hydrogen-bond acceptors (Lipinski definition) is 3. The molecule has 3 nitrogen and oxygen atoms in total. The van der Waals surface area contributed by atoms with Gasteiger partial charge in [0.05, 0.1) is 5.56 Å². The van der Waals surface area contributed by atoms with E-state index < -0.39 is 0 Å². The molecule has 1 heterocycles. The first-order valence-corrected chi connectivity index (χ1v) is 4.35. The van der Waals surface area contributed by atoms with Gasteiger partial charge in [0.1, 0.15) is 5.00 Å². The van der Waals surface area contributed by atoms with Crippen LogP contribution in [0.25, 0.3) is 0 Å². The highest BCUT2D eigenvalue weighted by Gasteiger charge is 2.08. The van der Waals surface area contributed by atoms with E-state index in [9.17, 15) is 9.59 Å². The lowest BCUT2D eigenvalue weighted by Gasteiger charge is -1.99. The summed E-state index contributed by atoms with van der Waals surface area (Å²) >= 11 is 1.35. The van der Waals surface area contributed by atoms with Crippen LogP contribution >= 0.6 is 11.3 Å². The molecule has 1 aromatic heterocycles. The Bertz CT molecular complexity index is 317. The van der Waals surface area contributed by atoms with Gasteiger partial charge in [0, 0.05) is 6.92 Å². The van der Waals surface area contributed by atoms with Crippen LogP contribution in [0.15, 0.2) is 11.4 Å². The summed E-state index contributed by atoms with van der Waals surface area (Å²) in [4.78, 5) is 21.6.